The number of halogens is 2. The number of alkyl halides is 2. The summed E-state index contributed by atoms with van der Waals surface area (Å²) in [6.45, 7) is 2.13. The van der Waals surface area contributed by atoms with Gasteiger partial charge >= 0.3 is 0 Å². The van der Waals surface area contributed by atoms with Crippen molar-refractivity contribution < 1.29 is 23.1 Å². The van der Waals surface area contributed by atoms with Crippen LogP contribution in [0.15, 0.2) is 30.6 Å². The predicted octanol–water partition coefficient (Wildman–Crippen LogP) is 2.27. The molecule has 30 heavy (non-hydrogen) atoms. The van der Waals surface area contributed by atoms with Crippen molar-refractivity contribution in [3.63, 3.8) is 0 Å². The standard InChI is InChI=1S/C14H12N4O3.C6H11F2N/c15-13(20)11-2-1-10(7-16-11)18-3-4-21-12-5-9(8-19)6-17-14(12)18;1-9-4-2-6(7,8)3-5-9/h1-2,5-8H,3-4H2,(H2,15,20);2-5H2,1H3. The van der Waals surface area contributed by atoms with Crippen LogP contribution in [0.4, 0.5) is 20.3 Å². The number of likely N-dealkylation sites (tertiary alicyclic amines) is 1. The molecule has 1 amide bonds. The first-order valence-corrected chi connectivity index (χ1v) is 9.47. The number of rotatable bonds is 3. The van der Waals surface area contributed by atoms with Gasteiger partial charge in [0.1, 0.15) is 12.3 Å². The normalized spacial score (nSPS) is 17.8. The summed E-state index contributed by atoms with van der Waals surface area (Å²) in [7, 11) is 1.87. The quantitative estimate of drug-likeness (QED) is 0.762. The Bertz CT molecular complexity index is 898. The van der Waals surface area contributed by atoms with Gasteiger partial charge in [-0.2, -0.15) is 0 Å². The van der Waals surface area contributed by atoms with Crippen molar-refractivity contribution in [2.75, 3.05) is 38.2 Å². The highest BCUT2D eigenvalue weighted by Gasteiger charge is 2.32. The summed E-state index contributed by atoms with van der Waals surface area (Å²) in [5.41, 5.74) is 6.61. The van der Waals surface area contributed by atoms with E-state index in [1.807, 2.05) is 16.8 Å². The Morgan fingerprint density at radius 3 is 2.50 bits per heavy atom. The lowest BCUT2D eigenvalue weighted by molar-refractivity contribution is -0.0504. The summed E-state index contributed by atoms with van der Waals surface area (Å²) in [6, 6.07) is 4.96. The van der Waals surface area contributed by atoms with Gasteiger partial charge in [-0.05, 0) is 25.2 Å². The first-order chi connectivity index (χ1) is 14.3. The number of nitrogens with two attached hydrogens (primary N) is 1. The van der Waals surface area contributed by atoms with Crippen LogP contribution in [0.1, 0.15) is 33.7 Å². The smallest absolute Gasteiger partial charge is 0.267 e. The number of amides is 1. The van der Waals surface area contributed by atoms with Gasteiger partial charge < -0.3 is 20.3 Å². The fourth-order valence-electron chi connectivity index (χ4n) is 3.07. The molecule has 0 spiro atoms. The first kappa shape index (κ1) is 21.6. The van der Waals surface area contributed by atoms with E-state index in [2.05, 4.69) is 9.97 Å². The van der Waals surface area contributed by atoms with E-state index in [0.717, 1.165) is 12.0 Å². The molecule has 0 aromatic carbocycles. The van der Waals surface area contributed by atoms with Crippen molar-refractivity contribution in [1.29, 1.82) is 0 Å². The molecular formula is C20H23F2N5O3. The van der Waals surface area contributed by atoms with Crippen LogP contribution in [0.25, 0.3) is 0 Å². The molecular weight excluding hydrogens is 396 g/mol. The minimum Gasteiger partial charge on any atom is -0.488 e. The van der Waals surface area contributed by atoms with Crippen LogP contribution in [0, 0.1) is 0 Å². The number of carbonyl (C=O) groups is 2. The van der Waals surface area contributed by atoms with Gasteiger partial charge in [-0.3, -0.25) is 9.59 Å². The number of carbonyl (C=O) groups excluding carboxylic acids is 2. The molecule has 4 heterocycles. The number of aldehydes is 1. The molecule has 8 nitrogen and oxygen atoms in total. The third-order valence-corrected chi connectivity index (χ3v) is 4.85. The lowest BCUT2D eigenvalue weighted by atomic mass is 10.1. The molecule has 0 radical (unpaired) electrons. The number of aromatic nitrogens is 2. The molecule has 2 aliphatic heterocycles. The van der Waals surface area contributed by atoms with Gasteiger partial charge in [0.15, 0.2) is 17.9 Å². The molecule has 160 valence electrons. The molecule has 0 atom stereocenters. The molecule has 0 aliphatic carbocycles. The van der Waals surface area contributed by atoms with Crippen LogP contribution in [0.3, 0.4) is 0 Å². The molecule has 0 bridgehead atoms. The maximum atomic E-state index is 12.4. The molecule has 1 saturated heterocycles. The van der Waals surface area contributed by atoms with E-state index in [-0.39, 0.29) is 18.5 Å². The van der Waals surface area contributed by atoms with Gasteiger partial charge in [0, 0.05) is 37.7 Å². The average molecular weight is 419 g/mol. The summed E-state index contributed by atoms with van der Waals surface area (Å²) in [6.07, 6.45) is 3.83. The van der Waals surface area contributed by atoms with Crippen LogP contribution in [-0.2, 0) is 0 Å². The highest BCUT2D eigenvalue weighted by atomic mass is 19.3. The lowest BCUT2D eigenvalue weighted by Crippen LogP contribution is -2.36. The average Bonchev–Trinajstić information content (AvgIpc) is 2.75. The Hall–Kier alpha value is -3.14. The van der Waals surface area contributed by atoms with E-state index in [0.29, 0.717) is 43.4 Å². The van der Waals surface area contributed by atoms with Crippen molar-refractivity contribution in [3.8, 4) is 5.75 Å². The highest BCUT2D eigenvalue weighted by molar-refractivity contribution is 5.91. The Morgan fingerprint density at radius 2 is 1.93 bits per heavy atom. The minimum atomic E-state index is -2.38. The van der Waals surface area contributed by atoms with E-state index in [1.165, 1.54) is 6.20 Å². The van der Waals surface area contributed by atoms with Crippen LogP contribution in [0.5, 0.6) is 5.75 Å². The summed E-state index contributed by atoms with van der Waals surface area (Å²) >= 11 is 0. The topological polar surface area (TPSA) is 102 Å². The second-order valence-corrected chi connectivity index (χ2v) is 7.13. The monoisotopic (exact) mass is 419 g/mol. The SMILES string of the molecule is CN1CCC(F)(F)CC1.NC(=O)c1ccc(N2CCOc3cc(C=O)cnc32)cn1. The third-order valence-electron chi connectivity index (χ3n) is 4.85. The third kappa shape index (κ3) is 5.26. The summed E-state index contributed by atoms with van der Waals surface area (Å²) in [5, 5.41) is 0. The summed E-state index contributed by atoms with van der Waals surface area (Å²) in [4.78, 5) is 33.9. The number of hydrogen-bond donors (Lipinski definition) is 1. The number of nitrogens with zero attached hydrogens (tertiary/aromatic N) is 4. The number of primary amides is 1. The molecule has 2 N–H and O–H groups in total. The second kappa shape index (κ2) is 9.12. The molecule has 2 aliphatic rings. The molecule has 4 rings (SSSR count). The zero-order chi connectivity index (χ0) is 21.7. The minimum absolute atomic E-state index is 0.0312. The zero-order valence-electron chi connectivity index (χ0n) is 16.6. The van der Waals surface area contributed by atoms with Crippen LogP contribution < -0.4 is 15.4 Å². The number of fused-ring (bicyclic) bond motifs is 1. The van der Waals surface area contributed by atoms with Crippen molar-refractivity contribution >= 4 is 23.7 Å². The van der Waals surface area contributed by atoms with Crippen molar-refractivity contribution in [2.24, 2.45) is 5.73 Å². The van der Waals surface area contributed by atoms with Gasteiger partial charge in [0.2, 0.25) is 0 Å². The van der Waals surface area contributed by atoms with Crippen LogP contribution >= 0.6 is 0 Å². The largest absolute Gasteiger partial charge is 0.488 e. The lowest BCUT2D eigenvalue weighted by Gasteiger charge is -2.29. The van der Waals surface area contributed by atoms with E-state index in [1.54, 1.807) is 24.4 Å². The van der Waals surface area contributed by atoms with E-state index in [9.17, 15) is 18.4 Å². The fourth-order valence-corrected chi connectivity index (χ4v) is 3.07. The first-order valence-electron chi connectivity index (χ1n) is 9.47. The number of hydrogen-bond acceptors (Lipinski definition) is 7. The van der Waals surface area contributed by atoms with Gasteiger partial charge in [0.25, 0.3) is 11.8 Å². The molecule has 10 heteroatoms. The molecule has 1 fully saturated rings. The molecule has 0 unspecified atom stereocenters. The van der Waals surface area contributed by atoms with Crippen molar-refractivity contribution in [2.45, 2.75) is 18.8 Å². The molecule has 0 saturated carbocycles. The number of anilines is 2. The Balaban J connectivity index is 0.000000239. The fraction of sp³-hybridized carbons (Fsp3) is 0.400. The number of piperidine rings is 1. The Morgan fingerprint density at radius 1 is 1.20 bits per heavy atom. The van der Waals surface area contributed by atoms with Gasteiger partial charge in [0.05, 0.1) is 18.4 Å². The number of pyridine rings is 2. The van der Waals surface area contributed by atoms with Gasteiger partial charge in [-0.15, -0.1) is 0 Å². The second-order valence-electron chi connectivity index (χ2n) is 7.13. The van der Waals surface area contributed by atoms with E-state index in [4.69, 9.17) is 10.5 Å². The Kier molecular flexibility index (Phi) is 6.56. The van der Waals surface area contributed by atoms with Gasteiger partial charge in [-0.1, -0.05) is 0 Å². The van der Waals surface area contributed by atoms with Crippen LogP contribution in [0.2, 0.25) is 0 Å². The summed E-state index contributed by atoms with van der Waals surface area (Å²) in [5.74, 6) is -1.80. The zero-order valence-corrected chi connectivity index (χ0v) is 16.6. The summed E-state index contributed by atoms with van der Waals surface area (Å²) < 4.78 is 30.2. The predicted molar refractivity (Wildman–Crippen MR) is 107 cm³/mol. The molecule has 2 aromatic heterocycles. The maximum absolute atomic E-state index is 12.4. The van der Waals surface area contributed by atoms with Gasteiger partial charge in [-0.25, -0.2) is 18.7 Å². The number of ether oxygens (including phenoxy) is 1. The van der Waals surface area contributed by atoms with E-state index >= 15 is 0 Å². The van der Waals surface area contributed by atoms with Crippen molar-refractivity contribution in [3.05, 3.63) is 41.9 Å². The van der Waals surface area contributed by atoms with E-state index < -0.39 is 11.8 Å². The van der Waals surface area contributed by atoms with Crippen molar-refractivity contribution in [1.82, 2.24) is 14.9 Å². The highest BCUT2D eigenvalue weighted by Crippen LogP contribution is 2.34. The Labute approximate surface area is 172 Å². The van der Waals surface area contributed by atoms with Crippen LogP contribution in [-0.4, -0.2) is 66.3 Å². The molecule has 2 aromatic rings. The maximum Gasteiger partial charge on any atom is 0.267 e.